The molecule has 0 fully saturated rings. The van der Waals surface area contributed by atoms with Gasteiger partial charge in [-0.3, -0.25) is 14.6 Å². The molecule has 1 amide bonds. The molecule has 23 heavy (non-hydrogen) atoms. The van der Waals surface area contributed by atoms with E-state index in [0.29, 0.717) is 24.6 Å². The Bertz CT molecular complexity index is 671. The van der Waals surface area contributed by atoms with Crippen LogP contribution in [0.2, 0.25) is 0 Å². The Hall–Kier alpha value is -2.11. The summed E-state index contributed by atoms with van der Waals surface area (Å²) >= 11 is 0. The Balaban J connectivity index is 1.90. The number of aromatic amines is 1. The molecule has 2 N–H and O–H groups in total. The average Bonchev–Trinajstić information content (AvgIpc) is 3.04. The van der Waals surface area contributed by atoms with Crippen molar-refractivity contribution >= 4 is 11.7 Å². The summed E-state index contributed by atoms with van der Waals surface area (Å²) in [7, 11) is 1.93. The fraction of sp³-hybridized carbons (Fsp3) is 0.588. The molecule has 126 valence electrons. The molecule has 0 aliphatic rings. The predicted molar refractivity (Wildman–Crippen MR) is 91.5 cm³/mol. The van der Waals surface area contributed by atoms with E-state index in [4.69, 9.17) is 0 Å². The number of carbonyl (C=O) groups is 1. The summed E-state index contributed by atoms with van der Waals surface area (Å²) in [6, 6.07) is 1.93. The van der Waals surface area contributed by atoms with Gasteiger partial charge in [-0.25, -0.2) is 0 Å². The first-order valence-electron chi connectivity index (χ1n) is 8.26. The molecule has 0 saturated heterocycles. The summed E-state index contributed by atoms with van der Waals surface area (Å²) in [5.41, 5.74) is 4.34. The first-order chi connectivity index (χ1) is 10.9. The maximum absolute atomic E-state index is 12.1. The lowest BCUT2D eigenvalue weighted by atomic mass is 10.0. The van der Waals surface area contributed by atoms with Gasteiger partial charge in [-0.15, -0.1) is 0 Å². The minimum Gasteiger partial charge on any atom is -0.309 e. The highest BCUT2D eigenvalue weighted by Crippen LogP contribution is 2.21. The number of aromatic nitrogens is 4. The standard InChI is InChI=1S/C17H27N5O/c1-6-7-11(2)15-10-16(20-19-15)18-17(23)9-8-14-12(3)21-22(5)13(14)4/h10-11H,6-9H2,1-5H3,(H2,18,19,20,23). The molecule has 0 aliphatic heterocycles. The number of nitrogens with zero attached hydrogens (tertiary/aromatic N) is 3. The van der Waals surface area contributed by atoms with Crippen LogP contribution in [0.15, 0.2) is 6.07 Å². The molecule has 2 aromatic rings. The SMILES string of the molecule is CCCC(C)c1cc(NC(=O)CCc2c(C)nn(C)c2C)n[nH]1. The van der Waals surface area contributed by atoms with Crippen LogP contribution in [-0.4, -0.2) is 25.9 Å². The topological polar surface area (TPSA) is 75.6 Å². The summed E-state index contributed by atoms with van der Waals surface area (Å²) < 4.78 is 1.86. The maximum atomic E-state index is 12.1. The largest absolute Gasteiger partial charge is 0.309 e. The highest BCUT2D eigenvalue weighted by Gasteiger charge is 2.13. The average molecular weight is 317 g/mol. The van der Waals surface area contributed by atoms with Crippen LogP contribution in [0.5, 0.6) is 0 Å². The summed E-state index contributed by atoms with van der Waals surface area (Å²) in [5, 5.41) is 14.4. The number of H-pyrrole nitrogens is 1. The first-order valence-corrected chi connectivity index (χ1v) is 8.26. The molecule has 0 bridgehead atoms. The molecule has 2 rings (SSSR count). The van der Waals surface area contributed by atoms with E-state index in [0.717, 1.165) is 35.5 Å². The van der Waals surface area contributed by atoms with Crippen LogP contribution in [0, 0.1) is 13.8 Å². The number of rotatable bonds is 7. The fourth-order valence-electron chi connectivity index (χ4n) is 2.86. The third-order valence-electron chi connectivity index (χ3n) is 4.38. The van der Waals surface area contributed by atoms with Crippen LogP contribution >= 0.6 is 0 Å². The van der Waals surface area contributed by atoms with Crippen molar-refractivity contribution in [1.29, 1.82) is 0 Å². The lowest BCUT2D eigenvalue weighted by Gasteiger charge is -2.05. The molecule has 0 saturated carbocycles. The first kappa shape index (κ1) is 17.2. The zero-order valence-electron chi connectivity index (χ0n) is 14.7. The van der Waals surface area contributed by atoms with Crippen molar-refractivity contribution in [2.45, 2.75) is 59.3 Å². The lowest BCUT2D eigenvalue weighted by molar-refractivity contribution is -0.116. The molecule has 6 nitrogen and oxygen atoms in total. The van der Waals surface area contributed by atoms with Crippen molar-refractivity contribution in [2.75, 3.05) is 5.32 Å². The van der Waals surface area contributed by atoms with Gasteiger partial charge in [0.1, 0.15) is 0 Å². The third-order valence-corrected chi connectivity index (χ3v) is 4.38. The minimum atomic E-state index is -0.0196. The summed E-state index contributed by atoms with van der Waals surface area (Å²) in [5.74, 6) is 1.01. The number of aryl methyl sites for hydroxylation is 2. The Morgan fingerprint density at radius 1 is 1.43 bits per heavy atom. The second kappa shape index (κ2) is 7.44. The van der Waals surface area contributed by atoms with E-state index in [2.05, 4.69) is 34.5 Å². The van der Waals surface area contributed by atoms with E-state index < -0.39 is 0 Å². The van der Waals surface area contributed by atoms with Crippen LogP contribution in [0.4, 0.5) is 5.82 Å². The molecule has 1 atom stereocenters. The predicted octanol–water partition coefficient (Wildman–Crippen LogP) is 3.23. The van der Waals surface area contributed by atoms with Crippen LogP contribution < -0.4 is 5.32 Å². The number of amides is 1. The Morgan fingerprint density at radius 2 is 2.17 bits per heavy atom. The van der Waals surface area contributed by atoms with Crippen molar-refractivity contribution in [3.63, 3.8) is 0 Å². The Kier molecular flexibility index (Phi) is 5.58. The molecule has 0 radical (unpaired) electrons. The smallest absolute Gasteiger partial charge is 0.225 e. The van der Waals surface area contributed by atoms with E-state index in [1.165, 1.54) is 0 Å². The number of nitrogens with one attached hydrogen (secondary N) is 2. The van der Waals surface area contributed by atoms with Crippen LogP contribution in [0.1, 0.15) is 61.7 Å². The van der Waals surface area contributed by atoms with Crippen molar-refractivity contribution in [3.8, 4) is 0 Å². The van der Waals surface area contributed by atoms with Gasteiger partial charge in [-0.05, 0) is 38.2 Å². The molecular formula is C17H27N5O. The molecule has 2 heterocycles. The summed E-state index contributed by atoms with van der Waals surface area (Å²) in [4.78, 5) is 12.1. The van der Waals surface area contributed by atoms with Gasteiger partial charge >= 0.3 is 0 Å². The third kappa shape index (κ3) is 4.21. The highest BCUT2D eigenvalue weighted by molar-refractivity contribution is 5.89. The van der Waals surface area contributed by atoms with Gasteiger partial charge in [-0.1, -0.05) is 20.3 Å². The monoisotopic (exact) mass is 317 g/mol. The number of hydrogen-bond acceptors (Lipinski definition) is 3. The molecule has 1 unspecified atom stereocenters. The van der Waals surface area contributed by atoms with E-state index in [1.54, 1.807) is 0 Å². The quantitative estimate of drug-likeness (QED) is 0.823. The zero-order chi connectivity index (χ0) is 17.0. The van der Waals surface area contributed by atoms with Gasteiger partial charge in [0.05, 0.1) is 5.69 Å². The summed E-state index contributed by atoms with van der Waals surface area (Å²) in [6.07, 6.45) is 3.36. The van der Waals surface area contributed by atoms with Gasteiger partial charge < -0.3 is 5.32 Å². The molecule has 0 spiro atoms. The molecular weight excluding hydrogens is 290 g/mol. The van der Waals surface area contributed by atoms with Crippen LogP contribution in [0.3, 0.4) is 0 Å². The maximum Gasteiger partial charge on any atom is 0.225 e. The second-order valence-electron chi connectivity index (χ2n) is 6.22. The summed E-state index contributed by atoms with van der Waals surface area (Å²) in [6.45, 7) is 8.34. The van der Waals surface area contributed by atoms with Gasteiger partial charge in [0.15, 0.2) is 5.82 Å². The highest BCUT2D eigenvalue weighted by atomic mass is 16.1. The van der Waals surface area contributed by atoms with E-state index in [9.17, 15) is 4.79 Å². The van der Waals surface area contributed by atoms with Crippen molar-refractivity contribution in [3.05, 3.63) is 28.7 Å². The van der Waals surface area contributed by atoms with Crippen LogP contribution in [-0.2, 0) is 18.3 Å². The van der Waals surface area contributed by atoms with Crippen molar-refractivity contribution in [2.24, 2.45) is 7.05 Å². The van der Waals surface area contributed by atoms with Gasteiger partial charge in [0, 0.05) is 30.9 Å². The molecule has 6 heteroatoms. The van der Waals surface area contributed by atoms with Gasteiger partial charge in [0.25, 0.3) is 0 Å². The van der Waals surface area contributed by atoms with Crippen LogP contribution in [0.25, 0.3) is 0 Å². The van der Waals surface area contributed by atoms with E-state index in [-0.39, 0.29) is 5.91 Å². The van der Waals surface area contributed by atoms with Gasteiger partial charge in [0.2, 0.25) is 5.91 Å². The normalized spacial score (nSPS) is 12.4. The van der Waals surface area contributed by atoms with E-state index >= 15 is 0 Å². The molecule has 0 aliphatic carbocycles. The van der Waals surface area contributed by atoms with Gasteiger partial charge in [-0.2, -0.15) is 10.2 Å². The zero-order valence-corrected chi connectivity index (χ0v) is 14.7. The lowest BCUT2D eigenvalue weighted by Crippen LogP contribution is -2.13. The fourth-order valence-corrected chi connectivity index (χ4v) is 2.86. The molecule has 0 aromatic carbocycles. The Morgan fingerprint density at radius 3 is 2.78 bits per heavy atom. The van der Waals surface area contributed by atoms with Crippen molar-refractivity contribution in [1.82, 2.24) is 20.0 Å². The van der Waals surface area contributed by atoms with E-state index in [1.807, 2.05) is 31.6 Å². The number of hydrogen-bond donors (Lipinski definition) is 2. The molecule has 2 aromatic heterocycles. The number of anilines is 1. The van der Waals surface area contributed by atoms with Crippen molar-refractivity contribution < 1.29 is 4.79 Å². The minimum absolute atomic E-state index is 0.0196. The Labute approximate surface area is 137 Å². The second-order valence-corrected chi connectivity index (χ2v) is 6.22. The number of carbonyl (C=O) groups excluding carboxylic acids is 1.